The first-order valence-electron chi connectivity index (χ1n) is 11.8. The summed E-state index contributed by atoms with van der Waals surface area (Å²) in [6.07, 6.45) is 0. The Morgan fingerprint density at radius 1 is 0.595 bits per heavy atom. The van der Waals surface area contributed by atoms with Crippen LogP contribution in [0.1, 0.15) is 25.0 Å². The standard InChI is InChI=1S/C16H14O5S.C15H16/c1-20-15-11-5-3-4-6-12(11)16(21-2)14-9-10(22(17,18)19)7-8-13(14)15;1-15(2,13-9-5-3-6-10-13)14-11-7-4-8-12-14/h3-9H,1-2H3,(H,17,18,19);3-12H,1-2H3. The summed E-state index contributed by atoms with van der Waals surface area (Å²) in [7, 11) is -1.21. The molecule has 190 valence electrons. The van der Waals surface area contributed by atoms with Crippen molar-refractivity contribution in [3.63, 3.8) is 0 Å². The quantitative estimate of drug-likeness (QED) is 0.197. The molecule has 1 N–H and O–H groups in total. The zero-order valence-corrected chi connectivity index (χ0v) is 22.1. The number of hydrogen-bond acceptors (Lipinski definition) is 4. The lowest BCUT2D eigenvalue weighted by Crippen LogP contribution is -2.18. The highest BCUT2D eigenvalue weighted by molar-refractivity contribution is 7.85. The number of methoxy groups -OCH3 is 2. The first kappa shape index (κ1) is 26.2. The van der Waals surface area contributed by atoms with E-state index in [9.17, 15) is 13.0 Å². The van der Waals surface area contributed by atoms with Gasteiger partial charge >= 0.3 is 0 Å². The Kier molecular flexibility index (Phi) is 7.52. The van der Waals surface area contributed by atoms with Crippen molar-refractivity contribution >= 4 is 31.7 Å². The number of rotatable bonds is 5. The number of fused-ring (bicyclic) bond motifs is 2. The van der Waals surface area contributed by atoms with E-state index in [-0.39, 0.29) is 10.3 Å². The molecule has 5 aromatic rings. The van der Waals surface area contributed by atoms with Gasteiger partial charge in [0.05, 0.1) is 19.1 Å². The van der Waals surface area contributed by atoms with E-state index in [0.29, 0.717) is 22.3 Å². The molecule has 0 unspecified atom stereocenters. The molecule has 0 aliphatic heterocycles. The maximum Gasteiger partial charge on any atom is 0.294 e. The van der Waals surface area contributed by atoms with Crippen molar-refractivity contribution in [1.29, 1.82) is 0 Å². The third kappa shape index (κ3) is 5.31. The van der Waals surface area contributed by atoms with Crippen molar-refractivity contribution in [3.05, 3.63) is 114 Å². The molecular formula is C31H30O5S. The first-order chi connectivity index (χ1) is 17.7. The second-order valence-corrected chi connectivity index (χ2v) is 10.6. The van der Waals surface area contributed by atoms with Crippen LogP contribution in [0.2, 0.25) is 0 Å². The summed E-state index contributed by atoms with van der Waals surface area (Å²) in [6.45, 7) is 4.52. The lowest BCUT2D eigenvalue weighted by molar-refractivity contribution is 0.417. The molecule has 0 heterocycles. The van der Waals surface area contributed by atoms with Crippen LogP contribution in [-0.2, 0) is 15.5 Å². The van der Waals surface area contributed by atoms with Crippen LogP contribution in [0, 0.1) is 0 Å². The maximum absolute atomic E-state index is 11.4. The molecule has 0 radical (unpaired) electrons. The van der Waals surface area contributed by atoms with Crippen molar-refractivity contribution in [2.75, 3.05) is 14.2 Å². The monoisotopic (exact) mass is 514 g/mol. The van der Waals surface area contributed by atoms with Crippen LogP contribution in [0.5, 0.6) is 11.5 Å². The third-order valence-electron chi connectivity index (χ3n) is 6.59. The van der Waals surface area contributed by atoms with E-state index in [2.05, 4.69) is 74.5 Å². The molecular weight excluding hydrogens is 484 g/mol. The highest BCUT2D eigenvalue weighted by Gasteiger charge is 2.22. The van der Waals surface area contributed by atoms with Crippen LogP contribution in [0.15, 0.2) is 108 Å². The molecule has 0 atom stereocenters. The van der Waals surface area contributed by atoms with E-state index < -0.39 is 10.1 Å². The average Bonchev–Trinajstić information content (AvgIpc) is 2.92. The second kappa shape index (κ2) is 10.6. The largest absolute Gasteiger partial charge is 0.495 e. The normalized spacial score (nSPS) is 11.6. The predicted octanol–water partition coefficient (Wildman–Crippen LogP) is 7.27. The van der Waals surface area contributed by atoms with Gasteiger partial charge in [0.1, 0.15) is 11.5 Å². The van der Waals surface area contributed by atoms with Crippen molar-refractivity contribution in [1.82, 2.24) is 0 Å². The molecule has 0 spiro atoms. The van der Waals surface area contributed by atoms with Gasteiger partial charge in [-0.05, 0) is 29.3 Å². The molecule has 5 nitrogen and oxygen atoms in total. The molecule has 0 aliphatic rings. The van der Waals surface area contributed by atoms with Crippen LogP contribution in [0.25, 0.3) is 21.5 Å². The number of hydrogen-bond donors (Lipinski definition) is 1. The van der Waals surface area contributed by atoms with E-state index >= 15 is 0 Å². The summed E-state index contributed by atoms with van der Waals surface area (Å²) in [5, 5.41) is 2.95. The van der Waals surface area contributed by atoms with E-state index in [0.717, 1.165) is 10.8 Å². The van der Waals surface area contributed by atoms with Gasteiger partial charge in [0.15, 0.2) is 0 Å². The zero-order chi connectivity index (χ0) is 26.6. The highest BCUT2D eigenvalue weighted by atomic mass is 32.2. The Labute approximate surface area is 218 Å². The van der Waals surface area contributed by atoms with Crippen LogP contribution in [0.4, 0.5) is 0 Å². The minimum absolute atomic E-state index is 0.0858. The van der Waals surface area contributed by atoms with Gasteiger partial charge in [0, 0.05) is 27.0 Å². The van der Waals surface area contributed by atoms with Gasteiger partial charge in [-0.3, -0.25) is 4.55 Å². The molecule has 0 aliphatic carbocycles. The Morgan fingerprint density at radius 2 is 1.00 bits per heavy atom. The first-order valence-corrected chi connectivity index (χ1v) is 13.3. The Morgan fingerprint density at radius 3 is 1.43 bits per heavy atom. The summed E-state index contributed by atoms with van der Waals surface area (Å²) in [5.41, 5.74) is 2.80. The van der Waals surface area contributed by atoms with E-state index in [1.165, 1.54) is 30.4 Å². The number of benzene rings is 5. The molecule has 0 bridgehead atoms. The van der Waals surface area contributed by atoms with Crippen molar-refractivity contribution in [2.45, 2.75) is 24.2 Å². The summed E-state index contributed by atoms with van der Waals surface area (Å²) in [4.78, 5) is -0.185. The molecule has 0 saturated carbocycles. The lowest BCUT2D eigenvalue weighted by Gasteiger charge is -2.25. The van der Waals surface area contributed by atoms with Crippen LogP contribution >= 0.6 is 0 Å². The Bertz CT molecular complexity index is 1590. The molecule has 0 aromatic heterocycles. The van der Waals surface area contributed by atoms with Gasteiger partial charge in [-0.25, -0.2) is 0 Å². The van der Waals surface area contributed by atoms with Gasteiger partial charge in [0.2, 0.25) is 0 Å². The van der Waals surface area contributed by atoms with Crippen LogP contribution < -0.4 is 9.47 Å². The topological polar surface area (TPSA) is 72.8 Å². The smallest absolute Gasteiger partial charge is 0.294 e. The Balaban J connectivity index is 0.000000186. The molecule has 6 heteroatoms. The van der Waals surface area contributed by atoms with Crippen LogP contribution in [-0.4, -0.2) is 27.2 Å². The fraction of sp³-hybridized carbons (Fsp3) is 0.161. The van der Waals surface area contributed by atoms with Gasteiger partial charge < -0.3 is 9.47 Å². The highest BCUT2D eigenvalue weighted by Crippen LogP contribution is 2.43. The van der Waals surface area contributed by atoms with Gasteiger partial charge in [0.25, 0.3) is 10.1 Å². The molecule has 0 amide bonds. The second-order valence-electron chi connectivity index (χ2n) is 9.15. The van der Waals surface area contributed by atoms with E-state index in [1.54, 1.807) is 13.2 Å². The van der Waals surface area contributed by atoms with Gasteiger partial charge in [-0.15, -0.1) is 0 Å². The van der Waals surface area contributed by atoms with Gasteiger partial charge in [-0.2, -0.15) is 8.42 Å². The molecule has 0 saturated heterocycles. The average molecular weight is 515 g/mol. The summed E-state index contributed by atoms with van der Waals surface area (Å²) in [6, 6.07) is 33.1. The SMILES string of the molecule is CC(C)(c1ccccc1)c1ccccc1.COc1c2ccccc2c(OC)c2cc(S(=O)(=O)O)ccc12. The molecule has 37 heavy (non-hydrogen) atoms. The minimum atomic E-state index is -4.29. The molecule has 0 fully saturated rings. The lowest BCUT2D eigenvalue weighted by atomic mass is 9.78. The predicted molar refractivity (Wildman–Crippen MR) is 149 cm³/mol. The van der Waals surface area contributed by atoms with Crippen LogP contribution in [0.3, 0.4) is 0 Å². The van der Waals surface area contributed by atoms with Crippen molar-refractivity contribution in [3.8, 4) is 11.5 Å². The van der Waals surface area contributed by atoms with Crippen molar-refractivity contribution in [2.24, 2.45) is 0 Å². The third-order valence-corrected chi connectivity index (χ3v) is 7.44. The molecule has 5 aromatic carbocycles. The van der Waals surface area contributed by atoms with E-state index in [1.807, 2.05) is 24.3 Å². The van der Waals surface area contributed by atoms with Gasteiger partial charge in [-0.1, -0.05) is 98.8 Å². The molecule has 5 rings (SSSR count). The minimum Gasteiger partial charge on any atom is -0.495 e. The number of ether oxygens (including phenoxy) is 2. The summed E-state index contributed by atoms with van der Waals surface area (Å²) >= 11 is 0. The van der Waals surface area contributed by atoms with Crippen molar-refractivity contribution < 1.29 is 22.4 Å². The zero-order valence-electron chi connectivity index (χ0n) is 21.3. The summed E-state index contributed by atoms with van der Waals surface area (Å²) < 4.78 is 43.0. The maximum atomic E-state index is 11.4. The Hall–Kier alpha value is -3.87. The van der Waals surface area contributed by atoms with E-state index in [4.69, 9.17) is 9.47 Å². The fourth-order valence-electron chi connectivity index (χ4n) is 4.56. The fourth-order valence-corrected chi connectivity index (χ4v) is 5.06. The summed E-state index contributed by atoms with van der Waals surface area (Å²) in [5.74, 6) is 1.17.